The monoisotopic (exact) mass is 452 g/mol. The van der Waals surface area contributed by atoms with Crippen LogP contribution in [0.4, 0.5) is 4.39 Å². The van der Waals surface area contributed by atoms with E-state index in [9.17, 15) is 9.18 Å². The van der Waals surface area contributed by atoms with E-state index in [1.54, 1.807) is 36.4 Å². The molecule has 6 nitrogen and oxygen atoms in total. The van der Waals surface area contributed by atoms with Gasteiger partial charge < -0.3 is 20.5 Å². The lowest BCUT2D eigenvalue weighted by atomic mass is 9.63. The Kier molecular flexibility index (Phi) is 12.2. The smallest absolute Gasteiger partial charge is 0.204 e. The number of amides is 1. The molecule has 170 valence electrons. The SMILES string of the molecule is CNCC1(COc2ccc(F)cc2)CC(C)C1.NC=O.O=CCOc1ccc(Cl)cc1. The van der Waals surface area contributed by atoms with E-state index < -0.39 is 0 Å². The van der Waals surface area contributed by atoms with Crippen LogP contribution in [-0.4, -0.2) is 39.5 Å². The molecule has 8 heteroatoms. The molecule has 2 aromatic rings. The van der Waals surface area contributed by atoms with E-state index in [1.165, 1.54) is 25.0 Å². The second-order valence-electron chi connectivity index (χ2n) is 7.35. The van der Waals surface area contributed by atoms with Crippen LogP contribution in [0.2, 0.25) is 5.02 Å². The molecule has 0 bridgehead atoms. The number of ether oxygens (including phenoxy) is 2. The fourth-order valence-electron chi connectivity index (χ4n) is 3.54. The van der Waals surface area contributed by atoms with Crippen LogP contribution in [0.3, 0.4) is 0 Å². The third kappa shape index (κ3) is 10.3. The summed E-state index contributed by atoms with van der Waals surface area (Å²) in [5, 5.41) is 3.89. The maximum atomic E-state index is 12.7. The number of primary amides is 1. The van der Waals surface area contributed by atoms with Gasteiger partial charge in [-0.2, -0.15) is 0 Å². The van der Waals surface area contributed by atoms with Gasteiger partial charge in [0.05, 0.1) is 6.61 Å². The average Bonchev–Trinajstić information content (AvgIpc) is 2.73. The molecular weight excluding hydrogens is 423 g/mol. The van der Waals surface area contributed by atoms with Crippen molar-refractivity contribution < 1.29 is 23.5 Å². The standard InChI is InChI=1S/C14H20FNO.C8H7ClO2.CH3NO/c1-11-7-14(8-11,9-16-2)10-17-13-5-3-12(15)4-6-13;9-7-1-3-8(4-2-7)11-6-5-10;2-1-3/h3-6,11,16H,7-10H2,1-2H3;1-5H,6H2;1H,(H2,2,3). The summed E-state index contributed by atoms with van der Waals surface area (Å²) in [4.78, 5) is 18.5. The summed E-state index contributed by atoms with van der Waals surface area (Å²) in [5.41, 5.74) is 4.43. The molecule has 1 saturated carbocycles. The Morgan fingerprint density at radius 1 is 1.10 bits per heavy atom. The zero-order valence-corrected chi connectivity index (χ0v) is 18.6. The molecule has 31 heavy (non-hydrogen) atoms. The van der Waals surface area contributed by atoms with Gasteiger partial charge in [0, 0.05) is 17.0 Å². The van der Waals surface area contributed by atoms with Crippen molar-refractivity contribution in [2.45, 2.75) is 19.8 Å². The summed E-state index contributed by atoms with van der Waals surface area (Å²) in [6, 6.07) is 13.1. The van der Waals surface area contributed by atoms with Crippen molar-refractivity contribution in [3.8, 4) is 11.5 Å². The number of halogens is 2. The molecule has 0 aliphatic heterocycles. The Bertz CT molecular complexity index is 761. The van der Waals surface area contributed by atoms with Gasteiger partial charge in [0.25, 0.3) is 0 Å². The minimum Gasteiger partial charge on any atom is -0.493 e. The first kappa shape index (κ1) is 26.4. The van der Waals surface area contributed by atoms with Crippen molar-refractivity contribution in [2.24, 2.45) is 17.1 Å². The molecule has 1 aliphatic carbocycles. The number of nitrogens with one attached hydrogen (secondary N) is 1. The highest BCUT2D eigenvalue weighted by molar-refractivity contribution is 6.30. The van der Waals surface area contributed by atoms with Crippen molar-refractivity contribution in [1.82, 2.24) is 5.32 Å². The van der Waals surface area contributed by atoms with Crippen LogP contribution in [-0.2, 0) is 9.59 Å². The van der Waals surface area contributed by atoms with E-state index in [-0.39, 0.29) is 24.2 Å². The summed E-state index contributed by atoms with van der Waals surface area (Å²) in [5.74, 6) is 1.97. The van der Waals surface area contributed by atoms with E-state index in [1.807, 2.05) is 7.05 Å². The number of carbonyl (C=O) groups is 2. The number of benzene rings is 2. The second kappa shape index (κ2) is 14.4. The van der Waals surface area contributed by atoms with Crippen LogP contribution in [0.5, 0.6) is 11.5 Å². The number of rotatable bonds is 8. The summed E-state index contributed by atoms with van der Waals surface area (Å²) in [7, 11) is 1.97. The summed E-state index contributed by atoms with van der Waals surface area (Å²) < 4.78 is 23.5. The van der Waals surface area contributed by atoms with Crippen molar-refractivity contribution in [2.75, 3.05) is 26.8 Å². The first-order chi connectivity index (χ1) is 14.9. The molecule has 2 aromatic carbocycles. The molecule has 0 spiro atoms. The summed E-state index contributed by atoms with van der Waals surface area (Å²) >= 11 is 5.62. The maximum absolute atomic E-state index is 12.7. The first-order valence-corrected chi connectivity index (χ1v) is 10.3. The number of aldehydes is 1. The molecule has 3 rings (SSSR count). The quantitative estimate of drug-likeness (QED) is 0.593. The van der Waals surface area contributed by atoms with Gasteiger partial charge in [0.2, 0.25) is 6.41 Å². The molecule has 3 N–H and O–H groups in total. The number of hydrogen-bond acceptors (Lipinski definition) is 5. The molecule has 0 saturated heterocycles. The van der Waals surface area contributed by atoms with Gasteiger partial charge in [0.15, 0.2) is 6.29 Å². The van der Waals surface area contributed by atoms with Gasteiger partial charge in [-0.1, -0.05) is 18.5 Å². The molecule has 0 atom stereocenters. The van der Waals surface area contributed by atoms with Crippen LogP contribution < -0.4 is 20.5 Å². The maximum Gasteiger partial charge on any atom is 0.204 e. The fourth-order valence-corrected chi connectivity index (χ4v) is 3.66. The largest absolute Gasteiger partial charge is 0.493 e. The highest BCUT2D eigenvalue weighted by Gasteiger charge is 2.42. The van der Waals surface area contributed by atoms with E-state index >= 15 is 0 Å². The lowest BCUT2D eigenvalue weighted by Gasteiger charge is -2.46. The summed E-state index contributed by atoms with van der Waals surface area (Å²) in [6.07, 6.45) is 3.36. The van der Waals surface area contributed by atoms with Gasteiger partial charge in [-0.25, -0.2) is 4.39 Å². The predicted molar refractivity (Wildman–Crippen MR) is 120 cm³/mol. The van der Waals surface area contributed by atoms with Crippen LogP contribution in [0.15, 0.2) is 48.5 Å². The molecule has 0 aromatic heterocycles. The van der Waals surface area contributed by atoms with Crippen LogP contribution in [0.25, 0.3) is 0 Å². The van der Waals surface area contributed by atoms with E-state index in [0.29, 0.717) is 23.7 Å². The third-order valence-electron chi connectivity index (χ3n) is 4.61. The second-order valence-corrected chi connectivity index (χ2v) is 7.79. The van der Waals surface area contributed by atoms with Gasteiger partial charge >= 0.3 is 0 Å². The first-order valence-electron chi connectivity index (χ1n) is 9.88. The van der Waals surface area contributed by atoms with Crippen molar-refractivity contribution in [1.29, 1.82) is 0 Å². The molecule has 0 unspecified atom stereocenters. The van der Waals surface area contributed by atoms with E-state index in [4.69, 9.17) is 25.9 Å². The number of hydrogen-bond donors (Lipinski definition) is 2. The minimum absolute atomic E-state index is 0.0850. The lowest BCUT2D eigenvalue weighted by molar-refractivity contribution is -0.109. The third-order valence-corrected chi connectivity index (χ3v) is 4.86. The van der Waals surface area contributed by atoms with Crippen LogP contribution >= 0.6 is 11.6 Å². The van der Waals surface area contributed by atoms with Crippen molar-refractivity contribution in [3.05, 3.63) is 59.4 Å². The normalized spacial score (nSPS) is 18.8. The lowest BCUT2D eigenvalue weighted by Crippen LogP contribution is -2.47. The molecule has 1 aliphatic rings. The predicted octanol–water partition coefficient (Wildman–Crippen LogP) is 3.86. The zero-order chi connectivity index (χ0) is 23.1. The molecule has 0 radical (unpaired) electrons. The van der Waals surface area contributed by atoms with Crippen LogP contribution in [0.1, 0.15) is 19.8 Å². The molecular formula is C23H30ClFN2O4. The van der Waals surface area contributed by atoms with E-state index in [2.05, 4.69) is 18.0 Å². The summed E-state index contributed by atoms with van der Waals surface area (Å²) in [6.45, 7) is 4.05. The fraction of sp³-hybridized carbons (Fsp3) is 0.391. The zero-order valence-electron chi connectivity index (χ0n) is 17.9. The minimum atomic E-state index is -0.223. The van der Waals surface area contributed by atoms with Crippen molar-refractivity contribution >= 4 is 24.3 Å². The van der Waals surface area contributed by atoms with Gasteiger partial charge in [-0.05, 0) is 74.3 Å². The van der Waals surface area contributed by atoms with E-state index in [0.717, 1.165) is 18.2 Å². The van der Waals surface area contributed by atoms with Crippen molar-refractivity contribution in [3.63, 3.8) is 0 Å². The highest BCUT2D eigenvalue weighted by atomic mass is 35.5. The Morgan fingerprint density at radius 2 is 1.61 bits per heavy atom. The molecule has 1 amide bonds. The number of carbonyl (C=O) groups excluding carboxylic acids is 2. The average molecular weight is 453 g/mol. The molecule has 0 heterocycles. The Balaban J connectivity index is 0.000000296. The van der Waals surface area contributed by atoms with Gasteiger partial charge in [-0.3, -0.25) is 9.59 Å². The van der Waals surface area contributed by atoms with Crippen LogP contribution in [0, 0.1) is 17.2 Å². The highest BCUT2D eigenvalue weighted by Crippen LogP contribution is 2.45. The topological polar surface area (TPSA) is 90.6 Å². The Labute approximate surface area is 187 Å². The Morgan fingerprint density at radius 3 is 2.10 bits per heavy atom. The Hall–Kier alpha value is -2.64. The molecule has 1 fully saturated rings. The van der Waals surface area contributed by atoms with Gasteiger partial charge in [0.1, 0.15) is 23.9 Å². The van der Waals surface area contributed by atoms with Gasteiger partial charge in [-0.15, -0.1) is 0 Å². The number of nitrogens with two attached hydrogens (primary N) is 1.